The molecule has 0 aromatic carbocycles. The van der Waals surface area contributed by atoms with Gasteiger partial charge in [0.25, 0.3) is 0 Å². The van der Waals surface area contributed by atoms with E-state index in [-0.39, 0.29) is 5.60 Å². The minimum absolute atomic E-state index is 0.213. The number of carbonyl (C=O) groups is 2. The number of hydrogen-bond donors (Lipinski definition) is 2. The number of carboxylic acids is 2. The number of rotatable bonds is 4. The smallest absolute Gasteiger partial charge is 0.475 e. The van der Waals surface area contributed by atoms with Crippen molar-refractivity contribution in [2.75, 3.05) is 52.5 Å². The van der Waals surface area contributed by atoms with E-state index >= 15 is 0 Å². The molecular weight excluding hydrogens is 512 g/mol. The van der Waals surface area contributed by atoms with Crippen LogP contribution in [0.25, 0.3) is 0 Å². The molecule has 2 aliphatic heterocycles. The van der Waals surface area contributed by atoms with E-state index in [1.165, 1.54) is 5.01 Å². The average molecular weight is 537 g/mol. The first kappa shape index (κ1) is 30.8. The van der Waals surface area contributed by atoms with Crippen LogP contribution in [0.5, 0.6) is 0 Å². The molecule has 1 aromatic heterocycles. The first-order valence-corrected chi connectivity index (χ1v) is 10.8. The third kappa shape index (κ3) is 11.8. The van der Waals surface area contributed by atoms with Gasteiger partial charge in [-0.1, -0.05) is 6.08 Å². The maximum Gasteiger partial charge on any atom is 0.490 e. The maximum absolute atomic E-state index is 10.6. The lowest BCUT2D eigenvalue weighted by molar-refractivity contribution is -0.193. The predicted octanol–water partition coefficient (Wildman–Crippen LogP) is 2.50. The van der Waals surface area contributed by atoms with Gasteiger partial charge in [0.1, 0.15) is 10.6 Å². The van der Waals surface area contributed by atoms with E-state index in [1.807, 2.05) is 17.7 Å². The number of nitrogens with zero attached hydrogens (tertiary/aromatic N) is 3. The summed E-state index contributed by atoms with van der Waals surface area (Å²) < 4.78 is 75.4. The molecule has 9 nitrogen and oxygen atoms in total. The number of aromatic nitrogens is 1. The van der Waals surface area contributed by atoms with Crippen LogP contribution in [-0.2, 0) is 25.6 Å². The van der Waals surface area contributed by atoms with Crippen LogP contribution in [0, 0.1) is 0 Å². The van der Waals surface area contributed by atoms with Gasteiger partial charge in [0, 0.05) is 44.3 Å². The highest BCUT2D eigenvalue weighted by Gasteiger charge is 2.40. The molecule has 0 aliphatic carbocycles. The van der Waals surface area contributed by atoms with E-state index in [0.717, 1.165) is 52.5 Å². The molecule has 0 saturated carbocycles. The van der Waals surface area contributed by atoms with Crippen molar-refractivity contribution < 1.29 is 55.6 Å². The zero-order chi connectivity index (χ0) is 26.7. The van der Waals surface area contributed by atoms with E-state index in [1.54, 1.807) is 11.3 Å². The largest absolute Gasteiger partial charge is 0.490 e. The van der Waals surface area contributed by atoms with Crippen LogP contribution in [0.4, 0.5) is 26.3 Å². The minimum Gasteiger partial charge on any atom is -0.475 e. The Morgan fingerprint density at radius 1 is 1.09 bits per heavy atom. The van der Waals surface area contributed by atoms with Crippen LogP contribution in [0.1, 0.15) is 5.01 Å². The molecule has 3 heterocycles. The Kier molecular flexibility index (Phi) is 12.1. The van der Waals surface area contributed by atoms with E-state index in [9.17, 15) is 26.3 Å². The zero-order valence-corrected chi connectivity index (χ0v) is 19.2. The maximum atomic E-state index is 10.6. The van der Waals surface area contributed by atoms with Crippen molar-refractivity contribution in [2.24, 2.45) is 0 Å². The summed E-state index contributed by atoms with van der Waals surface area (Å²) >= 11 is 1.72. The van der Waals surface area contributed by atoms with Gasteiger partial charge in [-0.2, -0.15) is 26.3 Å². The number of aliphatic carboxylic acids is 2. The molecule has 200 valence electrons. The summed E-state index contributed by atoms with van der Waals surface area (Å²) in [5.74, 6) is -5.51. The van der Waals surface area contributed by atoms with Crippen molar-refractivity contribution in [1.29, 1.82) is 0 Å². The molecule has 1 atom stereocenters. The fourth-order valence-electron chi connectivity index (χ4n) is 3.09. The molecule has 2 fully saturated rings. The second-order valence-corrected chi connectivity index (χ2v) is 8.33. The lowest BCUT2D eigenvalue weighted by Gasteiger charge is -2.43. The summed E-state index contributed by atoms with van der Waals surface area (Å²) in [6, 6.07) is 0. The van der Waals surface area contributed by atoms with Gasteiger partial charge in [0.2, 0.25) is 0 Å². The Labute approximate surface area is 200 Å². The topological polar surface area (TPSA) is 112 Å². The number of halogens is 6. The van der Waals surface area contributed by atoms with Gasteiger partial charge in [-0.05, 0) is 0 Å². The summed E-state index contributed by atoms with van der Waals surface area (Å²) in [5.41, 5.74) is -0.213. The Hall–Kier alpha value is -2.27. The number of ether oxygens (including phenoxy) is 2. The zero-order valence-electron chi connectivity index (χ0n) is 18.3. The highest BCUT2D eigenvalue weighted by atomic mass is 32.1. The molecule has 0 bridgehead atoms. The van der Waals surface area contributed by atoms with Gasteiger partial charge in [0.05, 0.1) is 26.4 Å². The van der Waals surface area contributed by atoms with E-state index in [0.29, 0.717) is 6.61 Å². The number of carboxylic acid groups (broad SMARTS) is 2. The van der Waals surface area contributed by atoms with Crippen LogP contribution < -0.4 is 0 Å². The summed E-state index contributed by atoms with van der Waals surface area (Å²) in [7, 11) is 0. The van der Waals surface area contributed by atoms with Gasteiger partial charge in [-0.3, -0.25) is 9.80 Å². The highest BCUT2D eigenvalue weighted by Crippen LogP contribution is 2.24. The molecule has 1 unspecified atom stereocenters. The molecule has 3 rings (SSSR count). The first-order chi connectivity index (χ1) is 16.2. The normalized spacial score (nSPS) is 21.7. The quantitative estimate of drug-likeness (QED) is 0.442. The molecule has 35 heavy (non-hydrogen) atoms. The Morgan fingerprint density at radius 3 is 2.11 bits per heavy atom. The number of morpholine rings is 1. The van der Waals surface area contributed by atoms with Crippen molar-refractivity contribution in [3.05, 3.63) is 29.2 Å². The van der Waals surface area contributed by atoms with Crippen LogP contribution in [0.3, 0.4) is 0 Å². The average Bonchev–Trinajstić information content (AvgIpc) is 3.16. The summed E-state index contributed by atoms with van der Waals surface area (Å²) in [4.78, 5) is 27.0. The molecule has 0 amide bonds. The predicted molar refractivity (Wildman–Crippen MR) is 111 cm³/mol. The van der Waals surface area contributed by atoms with E-state index in [4.69, 9.17) is 29.3 Å². The van der Waals surface area contributed by atoms with Gasteiger partial charge >= 0.3 is 24.3 Å². The SMILES string of the molecule is C=CCN1CCOCC2(C1)CN(Cc1nccs1)CCO2.O=C(O)C(F)(F)F.O=C(O)C(F)(F)F. The Balaban J connectivity index is 0.000000362. The molecule has 2 aliphatic rings. The van der Waals surface area contributed by atoms with Crippen molar-refractivity contribution in [3.63, 3.8) is 0 Å². The fraction of sp³-hybridized carbons (Fsp3) is 0.632. The summed E-state index contributed by atoms with van der Waals surface area (Å²) in [6.45, 7) is 11.6. The van der Waals surface area contributed by atoms with Crippen molar-refractivity contribution >= 4 is 23.3 Å². The van der Waals surface area contributed by atoms with Gasteiger partial charge in [-0.15, -0.1) is 17.9 Å². The molecule has 1 spiro atoms. The first-order valence-electron chi connectivity index (χ1n) is 9.94. The Morgan fingerprint density at radius 2 is 1.63 bits per heavy atom. The fourth-order valence-corrected chi connectivity index (χ4v) is 3.74. The molecule has 0 radical (unpaired) electrons. The third-order valence-corrected chi connectivity index (χ3v) is 5.24. The monoisotopic (exact) mass is 537 g/mol. The van der Waals surface area contributed by atoms with Gasteiger partial charge < -0.3 is 19.7 Å². The van der Waals surface area contributed by atoms with Gasteiger partial charge in [0.15, 0.2) is 0 Å². The Bertz CT molecular complexity index is 784. The lowest BCUT2D eigenvalue weighted by atomic mass is 10.0. The van der Waals surface area contributed by atoms with Crippen LogP contribution in [0.15, 0.2) is 24.2 Å². The molecule has 1 aromatic rings. The van der Waals surface area contributed by atoms with Crippen LogP contribution >= 0.6 is 11.3 Å². The van der Waals surface area contributed by atoms with E-state index in [2.05, 4.69) is 21.4 Å². The molecule has 2 saturated heterocycles. The van der Waals surface area contributed by atoms with Crippen molar-refractivity contribution in [2.45, 2.75) is 24.5 Å². The molecular formula is C19H25F6N3O6S. The standard InChI is InChI=1S/C15H23N3O2S.2C2HF3O2/c1-2-4-17-5-7-19-13-15(11-17)12-18(6-8-20-15)10-14-16-3-9-21-14;2*3-2(4,5)1(6)7/h2-3,9H,1,4-8,10-13H2;2*(H,6,7). The summed E-state index contributed by atoms with van der Waals surface area (Å²) in [5, 5.41) is 17.5. The molecule has 16 heteroatoms. The summed E-state index contributed by atoms with van der Waals surface area (Å²) in [6.07, 6.45) is -6.34. The van der Waals surface area contributed by atoms with Gasteiger partial charge in [-0.25, -0.2) is 14.6 Å². The second-order valence-electron chi connectivity index (χ2n) is 7.35. The molecule has 2 N–H and O–H groups in total. The third-order valence-electron chi connectivity index (χ3n) is 4.47. The van der Waals surface area contributed by atoms with Crippen molar-refractivity contribution in [3.8, 4) is 0 Å². The highest BCUT2D eigenvalue weighted by molar-refractivity contribution is 7.09. The van der Waals surface area contributed by atoms with Crippen LogP contribution in [-0.4, -0.2) is 107 Å². The second kappa shape index (κ2) is 13.7. The van der Waals surface area contributed by atoms with E-state index < -0.39 is 24.3 Å². The number of thiazole rings is 1. The van der Waals surface area contributed by atoms with Crippen LogP contribution in [0.2, 0.25) is 0 Å². The lowest BCUT2D eigenvalue weighted by Crippen LogP contribution is -2.58. The number of hydrogen-bond acceptors (Lipinski definition) is 8. The number of alkyl halides is 6. The van der Waals surface area contributed by atoms with Crippen molar-refractivity contribution in [1.82, 2.24) is 14.8 Å². The minimum atomic E-state index is -5.08.